The van der Waals surface area contributed by atoms with E-state index in [0.717, 1.165) is 4.90 Å². The van der Waals surface area contributed by atoms with Crippen molar-refractivity contribution in [3.63, 3.8) is 0 Å². The van der Waals surface area contributed by atoms with Crippen LogP contribution in [0.1, 0.15) is 11.6 Å². The second kappa shape index (κ2) is 7.84. The quantitative estimate of drug-likeness (QED) is 0.458. The first-order valence-corrected chi connectivity index (χ1v) is 10.7. The highest BCUT2D eigenvalue weighted by Crippen LogP contribution is 2.50. The lowest BCUT2D eigenvalue weighted by molar-refractivity contribution is -0.126. The van der Waals surface area contributed by atoms with Gasteiger partial charge in [0, 0.05) is 5.02 Å². The standard InChI is InChI=1S/C23H15Cl3N2O3/c24-15-10-5-4-9-14(15)19-18-21(31-28(19)13-7-2-1-3-8-13)23(30)27(22(18)29)20-16(25)11-6-12-17(20)26/h1-12,18-19,21H/t18-,19+,21+/m0/s1. The Morgan fingerprint density at radius 2 is 1.32 bits per heavy atom. The Balaban J connectivity index is 1.64. The zero-order valence-electron chi connectivity index (χ0n) is 15.9. The molecule has 2 aliphatic heterocycles. The average Bonchev–Trinajstić information content (AvgIpc) is 3.26. The first-order chi connectivity index (χ1) is 15.0. The number of fused-ring (bicyclic) bond motifs is 1. The number of para-hydroxylation sites is 2. The topological polar surface area (TPSA) is 49.9 Å². The molecule has 2 fully saturated rings. The number of halogens is 3. The third-order valence-corrected chi connectivity index (χ3v) is 6.47. The number of carbonyl (C=O) groups is 2. The van der Waals surface area contributed by atoms with Crippen LogP contribution in [-0.2, 0) is 14.4 Å². The van der Waals surface area contributed by atoms with Crippen molar-refractivity contribution in [1.29, 1.82) is 0 Å². The summed E-state index contributed by atoms with van der Waals surface area (Å²) >= 11 is 19.1. The van der Waals surface area contributed by atoms with Crippen LogP contribution >= 0.6 is 34.8 Å². The molecule has 0 unspecified atom stereocenters. The number of hydrogen-bond donors (Lipinski definition) is 0. The summed E-state index contributed by atoms with van der Waals surface area (Å²) in [7, 11) is 0. The van der Waals surface area contributed by atoms with Crippen LogP contribution in [0.3, 0.4) is 0 Å². The second-order valence-corrected chi connectivity index (χ2v) is 8.48. The highest BCUT2D eigenvalue weighted by atomic mass is 35.5. The maximum atomic E-state index is 13.6. The Morgan fingerprint density at radius 3 is 2.00 bits per heavy atom. The fraction of sp³-hybridized carbons (Fsp3) is 0.130. The van der Waals surface area contributed by atoms with Gasteiger partial charge >= 0.3 is 0 Å². The minimum atomic E-state index is -1.03. The molecule has 3 aromatic rings. The molecule has 0 spiro atoms. The molecule has 2 saturated heterocycles. The van der Waals surface area contributed by atoms with Crippen molar-refractivity contribution in [1.82, 2.24) is 0 Å². The van der Waals surface area contributed by atoms with E-state index in [-0.39, 0.29) is 15.7 Å². The number of anilines is 2. The zero-order chi connectivity index (χ0) is 21.7. The summed E-state index contributed by atoms with van der Waals surface area (Å²) in [4.78, 5) is 34.1. The van der Waals surface area contributed by atoms with E-state index < -0.39 is 29.9 Å². The lowest BCUT2D eigenvalue weighted by Gasteiger charge is -2.29. The van der Waals surface area contributed by atoms with Crippen molar-refractivity contribution < 1.29 is 14.4 Å². The fourth-order valence-electron chi connectivity index (χ4n) is 4.17. The van der Waals surface area contributed by atoms with Crippen LogP contribution in [-0.4, -0.2) is 17.9 Å². The van der Waals surface area contributed by atoms with E-state index >= 15 is 0 Å². The SMILES string of the molecule is O=C1[C@H]2[C@@H](c3ccccc3Cl)N(c3ccccc3)O[C@H]2C(=O)N1c1c(Cl)cccc1Cl. The maximum Gasteiger partial charge on any atom is 0.266 e. The third-order valence-electron chi connectivity index (χ3n) is 5.51. The minimum Gasteiger partial charge on any atom is -0.273 e. The molecule has 0 radical (unpaired) electrons. The summed E-state index contributed by atoms with van der Waals surface area (Å²) in [5.74, 6) is -1.77. The number of rotatable bonds is 3. The average molecular weight is 474 g/mol. The molecule has 0 bridgehead atoms. The third kappa shape index (κ3) is 3.20. The first kappa shape index (κ1) is 20.3. The van der Waals surface area contributed by atoms with Gasteiger partial charge in [0.05, 0.1) is 27.5 Å². The Kier molecular flexibility index (Phi) is 5.15. The van der Waals surface area contributed by atoms with Gasteiger partial charge in [-0.3, -0.25) is 14.4 Å². The molecular weight excluding hydrogens is 459 g/mol. The Morgan fingerprint density at radius 1 is 0.710 bits per heavy atom. The smallest absolute Gasteiger partial charge is 0.266 e. The van der Waals surface area contributed by atoms with Gasteiger partial charge in [-0.25, -0.2) is 9.96 Å². The van der Waals surface area contributed by atoms with Crippen LogP contribution in [0.25, 0.3) is 0 Å². The molecule has 0 aromatic heterocycles. The number of imide groups is 1. The van der Waals surface area contributed by atoms with E-state index in [1.165, 1.54) is 0 Å². The number of benzene rings is 3. The maximum absolute atomic E-state index is 13.6. The molecular formula is C23H15Cl3N2O3. The fourth-order valence-corrected chi connectivity index (χ4v) is 4.98. The normalized spacial score (nSPS) is 22.9. The van der Waals surface area contributed by atoms with Gasteiger partial charge in [0.25, 0.3) is 5.91 Å². The zero-order valence-corrected chi connectivity index (χ0v) is 18.2. The summed E-state index contributed by atoms with van der Waals surface area (Å²) < 4.78 is 0. The van der Waals surface area contributed by atoms with Gasteiger partial charge in [-0.1, -0.05) is 77.3 Å². The highest BCUT2D eigenvalue weighted by molar-refractivity contribution is 6.42. The van der Waals surface area contributed by atoms with Gasteiger partial charge in [-0.05, 0) is 35.9 Å². The van der Waals surface area contributed by atoms with Crippen molar-refractivity contribution in [2.45, 2.75) is 12.1 Å². The van der Waals surface area contributed by atoms with Gasteiger partial charge < -0.3 is 0 Å². The minimum absolute atomic E-state index is 0.169. The highest BCUT2D eigenvalue weighted by Gasteiger charge is 2.61. The summed E-state index contributed by atoms with van der Waals surface area (Å²) in [5, 5.41) is 2.50. The number of carbonyl (C=O) groups excluding carboxylic acids is 2. The van der Waals surface area contributed by atoms with Crippen molar-refractivity contribution in [3.8, 4) is 0 Å². The lowest BCUT2D eigenvalue weighted by atomic mass is 9.90. The van der Waals surface area contributed by atoms with Crippen LogP contribution in [0.2, 0.25) is 15.1 Å². The van der Waals surface area contributed by atoms with Crippen LogP contribution in [0.4, 0.5) is 11.4 Å². The molecule has 0 saturated carbocycles. The molecule has 5 rings (SSSR count). The van der Waals surface area contributed by atoms with Crippen molar-refractivity contribution >= 4 is 58.0 Å². The van der Waals surface area contributed by atoms with Gasteiger partial charge in [0.2, 0.25) is 5.91 Å². The summed E-state index contributed by atoms with van der Waals surface area (Å²) in [6, 6.07) is 20.7. The molecule has 5 nitrogen and oxygen atoms in total. The molecule has 2 heterocycles. The van der Waals surface area contributed by atoms with Crippen LogP contribution in [0.5, 0.6) is 0 Å². The van der Waals surface area contributed by atoms with E-state index in [4.69, 9.17) is 39.6 Å². The van der Waals surface area contributed by atoms with E-state index in [9.17, 15) is 9.59 Å². The molecule has 3 atom stereocenters. The van der Waals surface area contributed by atoms with E-state index in [1.54, 1.807) is 29.3 Å². The monoisotopic (exact) mass is 472 g/mol. The van der Waals surface area contributed by atoms with Crippen LogP contribution < -0.4 is 9.96 Å². The molecule has 3 aromatic carbocycles. The van der Waals surface area contributed by atoms with Gasteiger partial charge in [0.1, 0.15) is 5.92 Å². The lowest BCUT2D eigenvalue weighted by Crippen LogP contribution is -2.37. The van der Waals surface area contributed by atoms with Crippen LogP contribution in [0, 0.1) is 5.92 Å². The van der Waals surface area contributed by atoms with Gasteiger partial charge in [-0.2, -0.15) is 0 Å². The predicted octanol–water partition coefficient (Wildman–Crippen LogP) is 5.70. The van der Waals surface area contributed by atoms with Gasteiger partial charge in [0.15, 0.2) is 6.10 Å². The largest absolute Gasteiger partial charge is 0.273 e. The van der Waals surface area contributed by atoms with Gasteiger partial charge in [-0.15, -0.1) is 0 Å². The molecule has 0 N–H and O–H groups in total. The Bertz CT molecular complexity index is 1170. The molecule has 0 aliphatic carbocycles. The van der Waals surface area contributed by atoms with Crippen LogP contribution in [0.15, 0.2) is 72.8 Å². The molecule has 31 heavy (non-hydrogen) atoms. The summed E-state index contributed by atoms with van der Waals surface area (Å²) in [6.07, 6.45) is -1.03. The number of hydrogen-bond acceptors (Lipinski definition) is 4. The first-order valence-electron chi connectivity index (χ1n) is 9.56. The van der Waals surface area contributed by atoms with Crippen molar-refractivity contribution in [3.05, 3.63) is 93.4 Å². The second-order valence-electron chi connectivity index (χ2n) is 7.26. The summed E-state index contributed by atoms with van der Waals surface area (Å²) in [5.41, 5.74) is 1.57. The summed E-state index contributed by atoms with van der Waals surface area (Å²) in [6.45, 7) is 0. The van der Waals surface area contributed by atoms with Crippen molar-refractivity contribution in [2.75, 3.05) is 9.96 Å². The predicted molar refractivity (Wildman–Crippen MR) is 120 cm³/mol. The molecule has 8 heteroatoms. The Hall–Kier alpha value is -2.57. The molecule has 156 valence electrons. The van der Waals surface area contributed by atoms with E-state index in [2.05, 4.69) is 0 Å². The number of hydroxylamine groups is 1. The molecule has 2 amide bonds. The Labute approximate surface area is 193 Å². The van der Waals surface area contributed by atoms with E-state index in [0.29, 0.717) is 16.3 Å². The molecule has 2 aliphatic rings. The van der Waals surface area contributed by atoms with E-state index in [1.807, 2.05) is 48.5 Å². The van der Waals surface area contributed by atoms with Crippen molar-refractivity contribution in [2.24, 2.45) is 5.92 Å². The number of amides is 2. The number of nitrogens with zero attached hydrogens (tertiary/aromatic N) is 2.